The Kier molecular flexibility index (Phi) is 6.27. The highest BCUT2D eigenvalue weighted by molar-refractivity contribution is 7.87. The van der Waals surface area contributed by atoms with Gasteiger partial charge < -0.3 is 0 Å². The second-order valence-corrected chi connectivity index (χ2v) is 12.9. The first-order valence-electron chi connectivity index (χ1n) is 11.1. The van der Waals surface area contributed by atoms with Gasteiger partial charge in [-0.15, -0.1) is 8.57 Å². The van der Waals surface area contributed by atoms with Crippen LogP contribution in [-0.4, -0.2) is 34.4 Å². The average Bonchev–Trinajstić information content (AvgIpc) is 3.08. The van der Waals surface area contributed by atoms with Crippen LogP contribution in [0.4, 0.5) is 0 Å². The molecule has 2 atom stereocenters. The molecule has 0 heterocycles. The van der Waals surface area contributed by atoms with Gasteiger partial charge in [-0.25, -0.2) is 0 Å². The van der Waals surface area contributed by atoms with E-state index in [1.54, 1.807) is 24.3 Å². The topological polar surface area (TPSA) is 107 Å². The second kappa shape index (κ2) is 8.53. The van der Waals surface area contributed by atoms with Crippen LogP contribution < -0.4 is 0 Å². The Morgan fingerprint density at radius 2 is 1.29 bits per heavy atom. The highest BCUT2D eigenvalue weighted by Crippen LogP contribution is 2.64. The molecule has 0 aromatic heterocycles. The molecule has 4 rings (SSSR count). The van der Waals surface area contributed by atoms with Crippen molar-refractivity contribution in [3.05, 3.63) is 59.7 Å². The van der Waals surface area contributed by atoms with Gasteiger partial charge in [-0.3, -0.25) is 4.79 Å². The molecule has 8 nitrogen and oxygen atoms in total. The van der Waals surface area contributed by atoms with E-state index in [-0.39, 0.29) is 28.0 Å². The van der Waals surface area contributed by atoms with Gasteiger partial charge in [-0.2, -0.15) is 16.8 Å². The largest absolute Gasteiger partial charge is 0.315 e. The Bertz CT molecular complexity index is 1220. The molecule has 2 aliphatic carbocycles. The summed E-state index contributed by atoms with van der Waals surface area (Å²) in [5, 5.41) is 0.470. The number of benzene rings is 2. The Morgan fingerprint density at radius 3 is 1.65 bits per heavy atom. The number of fused-ring (bicyclic) bond motifs is 2. The van der Waals surface area contributed by atoms with Gasteiger partial charge in [-0.1, -0.05) is 49.2 Å². The third-order valence-corrected chi connectivity index (χ3v) is 9.94. The summed E-state index contributed by atoms with van der Waals surface area (Å²) >= 11 is 0. The third kappa shape index (κ3) is 4.33. The van der Waals surface area contributed by atoms with E-state index in [9.17, 15) is 21.6 Å². The summed E-state index contributed by atoms with van der Waals surface area (Å²) < 4.78 is 62.6. The minimum atomic E-state index is -4.43. The number of Topliss-reactive ketones (excluding diaryl/α,β-unsaturated/α-hetero) is 1. The molecule has 2 aromatic rings. The van der Waals surface area contributed by atoms with Crippen LogP contribution in [0.25, 0.3) is 0 Å². The van der Waals surface area contributed by atoms with Gasteiger partial charge in [0.15, 0.2) is 0 Å². The molecule has 0 N–H and O–H groups in total. The predicted octanol–water partition coefficient (Wildman–Crippen LogP) is 3.94. The summed E-state index contributed by atoms with van der Waals surface area (Å²) in [5.41, 5.74) is 0.255. The van der Waals surface area contributed by atoms with Gasteiger partial charge in [0.25, 0.3) is 0 Å². The van der Waals surface area contributed by atoms with Crippen LogP contribution in [0, 0.1) is 30.6 Å². The molecule has 184 valence electrons. The molecule has 2 unspecified atom stereocenters. The number of hydrogen-bond donors (Lipinski definition) is 0. The van der Waals surface area contributed by atoms with Gasteiger partial charge >= 0.3 is 20.2 Å². The third-order valence-electron chi connectivity index (χ3n) is 7.52. The molecule has 0 amide bonds. The van der Waals surface area contributed by atoms with Crippen LogP contribution in [0.15, 0.2) is 58.3 Å². The van der Waals surface area contributed by atoms with E-state index < -0.39 is 31.1 Å². The van der Waals surface area contributed by atoms with Crippen molar-refractivity contribution in [1.29, 1.82) is 0 Å². The molecule has 0 saturated heterocycles. The zero-order valence-electron chi connectivity index (χ0n) is 19.6. The fourth-order valence-corrected chi connectivity index (χ4v) is 6.89. The Balaban J connectivity index is 1.70. The van der Waals surface area contributed by atoms with E-state index in [4.69, 9.17) is 8.57 Å². The smallest absolute Gasteiger partial charge is 0.299 e. The van der Waals surface area contributed by atoms with Crippen molar-refractivity contribution >= 4 is 26.0 Å². The molecule has 0 radical (unpaired) electrons. The van der Waals surface area contributed by atoms with E-state index in [1.807, 2.05) is 27.7 Å². The number of carbonyl (C=O) groups excluding carboxylic acids is 1. The molecular formula is C24H29NO7S2. The molecule has 0 spiro atoms. The van der Waals surface area contributed by atoms with Crippen molar-refractivity contribution in [2.75, 3.05) is 6.54 Å². The van der Waals surface area contributed by atoms with Crippen molar-refractivity contribution in [1.82, 2.24) is 5.23 Å². The fourth-order valence-electron chi connectivity index (χ4n) is 5.14. The lowest BCUT2D eigenvalue weighted by Gasteiger charge is -2.38. The van der Waals surface area contributed by atoms with Crippen molar-refractivity contribution in [3.63, 3.8) is 0 Å². The second-order valence-electron chi connectivity index (χ2n) is 9.84. The molecule has 2 fully saturated rings. The average molecular weight is 508 g/mol. The monoisotopic (exact) mass is 507 g/mol. The molecule has 34 heavy (non-hydrogen) atoms. The van der Waals surface area contributed by atoms with E-state index in [2.05, 4.69) is 0 Å². The molecule has 2 bridgehead atoms. The summed E-state index contributed by atoms with van der Waals surface area (Å²) in [5.74, 6) is 0.107. The Morgan fingerprint density at radius 1 is 0.853 bits per heavy atom. The summed E-state index contributed by atoms with van der Waals surface area (Å²) in [4.78, 5) is 12.7. The minimum Gasteiger partial charge on any atom is -0.299 e. The first-order chi connectivity index (χ1) is 15.8. The number of rotatable bonds is 8. The van der Waals surface area contributed by atoms with Crippen LogP contribution in [0.1, 0.15) is 44.2 Å². The summed E-state index contributed by atoms with van der Waals surface area (Å²) in [7, 11) is -8.86. The fraction of sp³-hybridized carbons (Fsp3) is 0.458. The van der Waals surface area contributed by atoms with Crippen LogP contribution in [-0.2, 0) is 33.6 Å². The SMILES string of the molecule is Cc1ccc(S(=O)(=O)ON(CC23CCC(CC2=O)C3(C)C)OS(=O)(=O)c2ccc(C)cc2)cc1. The molecular weight excluding hydrogens is 478 g/mol. The number of nitrogens with zero attached hydrogens (tertiary/aromatic N) is 1. The first-order valence-corrected chi connectivity index (χ1v) is 13.9. The lowest BCUT2D eigenvalue weighted by atomic mass is 9.69. The number of carbonyl (C=O) groups is 1. The van der Waals surface area contributed by atoms with Crippen LogP contribution in [0.3, 0.4) is 0 Å². The maximum absolute atomic E-state index is 13.0. The van der Waals surface area contributed by atoms with E-state index in [0.717, 1.165) is 17.5 Å². The Hall–Kier alpha value is -2.11. The summed E-state index contributed by atoms with van der Waals surface area (Å²) in [6, 6.07) is 11.9. The highest BCUT2D eigenvalue weighted by Gasteiger charge is 2.65. The molecule has 0 aliphatic heterocycles. The van der Waals surface area contributed by atoms with E-state index >= 15 is 0 Å². The van der Waals surface area contributed by atoms with E-state index in [1.165, 1.54) is 24.3 Å². The molecule has 2 aliphatic rings. The van der Waals surface area contributed by atoms with Gasteiger partial charge in [0.1, 0.15) is 5.78 Å². The van der Waals surface area contributed by atoms with Gasteiger partial charge in [0, 0.05) is 6.42 Å². The van der Waals surface area contributed by atoms with Crippen molar-refractivity contribution in [3.8, 4) is 0 Å². The summed E-state index contributed by atoms with van der Waals surface area (Å²) in [6.45, 7) is 7.20. The van der Waals surface area contributed by atoms with Crippen molar-refractivity contribution < 1.29 is 30.2 Å². The van der Waals surface area contributed by atoms with Gasteiger partial charge in [0.05, 0.1) is 21.8 Å². The highest BCUT2D eigenvalue weighted by atomic mass is 32.2. The first kappa shape index (κ1) is 25.0. The number of hydroxylamine groups is 2. The lowest BCUT2D eigenvalue weighted by Crippen LogP contribution is -2.47. The number of aryl methyl sites for hydroxylation is 2. The molecule has 10 heteroatoms. The van der Waals surface area contributed by atoms with E-state index in [0.29, 0.717) is 18.1 Å². The maximum Gasteiger partial charge on any atom is 0.315 e. The van der Waals surface area contributed by atoms with Crippen LogP contribution >= 0.6 is 0 Å². The van der Waals surface area contributed by atoms with Crippen LogP contribution in [0.2, 0.25) is 0 Å². The number of ketones is 1. The lowest BCUT2D eigenvalue weighted by molar-refractivity contribution is -0.267. The normalized spacial score (nSPS) is 24.1. The standard InChI is InChI=1S/C24H29NO7S2/c1-17-5-9-20(10-6-17)33(27,28)31-25(32-34(29,30)21-11-7-18(2)8-12-21)16-24-14-13-19(15-22(24)26)23(24,3)4/h5-12,19H,13-16H2,1-4H3. The zero-order chi connectivity index (χ0) is 24.9. The zero-order valence-corrected chi connectivity index (χ0v) is 21.3. The molecule has 2 saturated carbocycles. The predicted molar refractivity (Wildman–Crippen MR) is 124 cm³/mol. The van der Waals surface area contributed by atoms with Gasteiger partial charge in [0.2, 0.25) is 0 Å². The maximum atomic E-state index is 13.0. The van der Waals surface area contributed by atoms with Crippen molar-refractivity contribution in [2.45, 2.75) is 56.7 Å². The summed E-state index contributed by atoms with van der Waals surface area (Å²) in [6.07, 6.45) is 1.67. The van der Waals surface area contributed by atoms with Crippen molar-refractivity contribution in [2.24, 2.45) is 16.7 Å². The van der Waals surface area contributed by atoms with Crippen LogP contribution in [0.5, 0.6) is 0 Å². The number of hydrogen-bond acceptors (Lipinski definition) is 8. The quantitative estimate of drug-likeness (QED) is 0.495. The molecule has 2 aromatic carbocycles. The minimum absolute atomic E-state index is 0.0357. The Labute approximate surface area is 201 Å². The van der Waals surface area contributed by atoms with Gasteiger partial charge in [-0.05, 0) is 67.5 Å².